The van der Waals surface area contributed by atoms with E-state index in [1.54, 1.807) is 0 Å². The topological polar surface area (TPSA) is 37.0 Å². The summed E-state index contributed by atoms with van der Waals surface area (Å²) in [6, 6.07) is 2.08. The minimum atomic E-state index is 0.814. The smallest absolute Gasteiger partial charge is 0.0547 e. The van der Waals surface area contributed by atoms with E-state index in [1.165, 1.54) is 19.3 Å². The molecule has 0 radical (unpaired) electrons. The van der Waals surface area contributed by atoms with Gasteiger partial charge in [-0.15, -0.1) is 0 Å². The summed E-state index contributed by atoms with van der Waals surface area (Å²) in [5.41, 5.74) is 2.14. The molecule has 0 atom stereocenters. The van der Waals surface area contributed by atoms with Crippen molar-refractivity contribution in [1.29, 1.82) is 0 Å². The SMILES string of the molecule is CNc1cncc(NCCCCC(C)C)c1. The molecular weight excluding hydrogens is 198 g/mol. The van der Waals surface area contributed by atoms with Gasteiger partial charge < -0.3 is 10.6 Å². The van der Waals surface area contributed by atoms with Gasteiger partial charge in [-0.2, -0.15) is 0 Å². The molecule has 0 saturated carbocycles. The van der Waals surface area contributed by atoms with Crippen molar-refractivity contribution in [1.82, 2.24) is 4.98 Å². The van der Waals surface area contributed by atoms with Crippen LogP contribution in [0, 0.1) is 5.92 Å². The van der Waals surface area contributed by atoms with E-state index in [2.05, 4.69) is 35.5 Å². The Morgan fingerprint density at radius 3 is 2.62 bits per heavy atom. The molecule has 0 aromatic carbocycles. The first kappa shape index (κ1) is 12.8. The second-order valence-electron chi connectivity index (χ2n) is 4.53. The van der Waals surface area contributed by atoms with Crippen LogP contribution in [0.1, 0.15) is 33.1 Å². The minimum Gasteiger partial charge on any atom is -0.387 e. The Bertz CT molecular complexity index is 297. The third-order valence-electron chi connectivity index (χ3n) is 2.56. The molecule has 16 heavy (non-hydrogen) atoms. The summed E-state index contributed by atoms with van der Waals surface area (Å²) in [5, 5.41) is 6.47. The Kier molecular flexibility index (Phi) is 5.68. The van der Waals surface area contributed by atoms with Gasteiger partial charge in [0.05, 0.1) is 23.8 Å². The van der Waals surface area contributed by atoms with E-state index in [-0.39, 0.29) is 0 Å². The molecule has 1 heterocycles. The van der Waals surface area contributed by atoms with Crippen LogP contribution in [-0.4, -0.2) is 18.6 Å². The van der Waals surface area contributed by atoms with Crippen LogP contribution in [0.5, 0.6) is 0 Å². The van der Waals surface area contributed by atoms with Crippen molar-refractivity contribution >= 4 is 11.4 Å². The van der Waals surface area contributed by atoms with Crippen molar-refractivity contribution in [3.63, 3.8) is 0 Å². The number of aromatic nitrogens is 1. The highest BCUT2D eigenvalue weighted by Gasteiger charge is 1.96. The highest BCUT2D eigenvalue weighted by atomic mass is 14.9. The molecule has 0 aliphatic carbocycles. The Hall–Kier alpha value is -1.25. The summed E-state index contributed by atoms with van der Waals surface area (Å²) in [6.07, 6.45) is 7.52. The van der Waals surface area contributed by atoms with Gasteiger partial charge in [-0.3, -0.25) is 4.98 Å². The summed E-state index contributed by atoms with van der Waals surface area (Å²) < 4.78 is 0. The van der Waals surface area contributed by atoms with Crippen molar-refractivity contribution in [2.24, 2.45) is 5.92 Å². The van der Waals surface area contributed by atoms with Crippen LogP contribution in [0.3, 0.4) is 0 Å². The molecule has 3 nitrogen and oxygen atoms in total. The van der Waals surface area contributed by atoms with Gasteiger partial charge in [0, 0.05) is 13.6 Å². The largest absolute Gasteiger partial charge is 0.387 e. The fraction of sp³-hybridized carbons (Fsp3) is 0.615. The van der Waals surface area contributed by atoms with Gasteiger partial charge in [-0.05, 0) is 18.4 Å². The predicted octanol–water partition coefficient (Wildman–Crippen LogP) is 3.36. The van der Waals surface area contributed by atoms with E-state index < -0.39 is 0 Å². The fourth-order valence-electron chi connectivity index (χ4n) is 1.58. The van der Waals surface area contributed by atoms with Gasteiger partial charge in [-0.1, -0.05) is 26.7 Å². The highest BCUT2D eigenvalue weighted by Crippen LogP contribution is 2.12. The number of unbranched alkanes of at least 4 members (excludes halogenated alkanes) is 1. The molecule has 0 saturated heterocycles. The highest BCUT2D eigenvalue weighted by molar-refractivity contribution is 5.53. The first-order valence-electron chi connectivity index (χ1n) is 6.09. The average molecular weight is 221 g/mol. The normalized spacial score (nSPS) is 10.5. The lowest BCUT2D eigenvalue weighted by Gasteiger charge is -2.08. The fourth-order valence-corrected chi connectivity index (χ4v) is 1.58. The monoisotopic (exact) mass is 221 g/mol. The van der Waals surface area contributed by atoms with E-state index in [9.17, 15) is 0 Å². The van der Waals surface area contributed by atoms with Gasteiger partial charge in [0.15, 0.2) is 0 Å². The maximum Gasteiger partial charge on any atom is 0.0547 e. The van der Waals surface area contributed by atoms with Crippen LogP contribution in [0.2, 0.25) is 0 Å². The molecule has 1 rings (SSSR count). The molecule has 0 spiro atoms. The Morgan fingerprint density at radius 2 is 1.94 bits per heavy atom. The quantitative estimate of drug-likeness (QED) is 0.693. The summed E-state index contributed by atoms with van der Waals surface area (Å²) >= 11 is 0. The molecule has 0 aliphatic rings. The zero-order valence-corrected chi connectivity index (χ0v) is 10.6. The van der Waals surface area contributed by atoms with E-state index in [4.69, 9.17) is 0 Å². The van der Waals surface area contributed by atoms with Crippen LogP contribution in [0.4, 0.5) is 11.4 Å². The number of pyridine rings is 1. The van der Waals surface area contributed by atoms with E-state index in [1.807, 2.05) is 19.4 Å². The maximum absolute atomic E-state index is 4.16. The predicted molar refractivity (Wildman–Crippen MR) is 71.0 cm³/mol. The van der Waals surface area contributed by atoms with E-state index >= 15 is 0 Å². The molecule has 2 N–H and O–H groups in total. The molecular formula is C13H23N3. The zero-order valence-electron chi connectivity index (χ0n) is 10.6. The van der Waals surface area contributed by atoms with Crippen LogP contribution in [0.15, 0.2) is 18.5 Å². The Morgan fingerprint density at radius 1 is 1.19 bits per heavy atom. The first-order valence-corrected chi connectivity index (χ1v) is 6.09. The third kappa shape index (κ3) is 5.01. The van der Waals surface area contributed by atoms with Gasteiger partial charge in [0.2, 0.25) is 0 Å². The van der Waals surface area contributed by atoms with Gasteiger partial charge in [0.1, 0.15) is 0 Å². The molecule has 90 valence electrons. The van der Waals surface area contributed by atoms with E-state index in [0.29, 0.717) is 0 Å². The van der Waals surface area contributed by atoms with Crippen LogP contribution in [-0.2, 0) is 0 Å². The number of hydrogen-bond donors (Lipinski definition) is 2. The number of nitrogens with zero attached hydrogens (tertiary/aromatic N) is 1. The molecule has 0 bridgehead atoms. The van der Waals surface area contributed by atoms with Gasteiger partial charge in [-0.25, -0.2) is 0 Å². The Labute approximate surface area is 98.7 Å². The molecule has 0 unspecified atom stereocenters. The van der Waals surface area contributed by atoms with Gasteiger partial charge >= 0.3 is 0 Å². The molecule has 1 aromatic heterocycles. The van der Waals surface area contributed by atoms with Crippen molar-refractivity contribution in [3.8, 4) is 0 Å². The second-order valence-corrected chi connectivity index (χ2v) is 4.53. The third-order valence-corrected chi connectivity index (χ3v) is 2.56. The number of nitrogens with one attached hydrogen (secondary N) is 2. The molecule has 1 aromatic rings. The second kappa shape index (κ2) is 7.09. The summed E-state index contributed by atoms with van der Waals surface area (Å²) in [6.45, 7) is 5.57. The van der Waals surface area contributed by atoms with Gasteiger partial charge in [0.25, 0.3) is 0 Å². The Balaban J connectivity index is 2.21. The standard InChI is InChI=1S/C13H23N3/c1-11(2)6-4-5-7-16-13-8-12(14-3)9-15-10-13/h8-11,14,16H,4-7H2,1-3H3. The molecule has 0 fully saturated rings. The van der Waals surface area contributed by atoms with E-state index in [0.717, 1.165) is 23.8 Å². The number of hydrogen-bond acceptors (Lipinski definition) is 3. The first-order chi connectivity index (χ1) is 7.72. The van der Waals surface area contributed by atoms with Crippen LogP contribution < -0.4 is 10.6 Å². The lowest BCUT2D eigenvalue weighted by Crippen LogP contribution is -2.03. The number of anilines is 2. The lowest BCUT2D eigenvalue weighted by molar-refractivity contribution is 0.545. The maximum atomic E-state index is 4.16. The average Bonchev–Trinajstić information content (AvgIpc) is 2.28. The van der Waals surface area contributed by atoms with Crippen LogP contribution in [0.25, 0.3) is 0 Å². The molecule has 0 aliphatic heterocycles. The minimum absolute atomic E-state index is 0.814. The summed E-state index contributed by atoms with van der Waals surface area (Å²) in [5.74, 6) is 0.814. The van der Waals surface area contributed by atoms with Crippen molar-refractivity contribution in [3.05, 3.63) is 18.5 Å². The van der Waals surface area contributed by atoms with Crippen LogP contribution >= 0.6 is 0 Å². The summed E-state index contributed by atoms with van der Waals surface area (Å²) in [4.78, 5) is 4.16. The summed E-state index contributed by atoms with van der Waals surface area (Å²) in [7, 11) is 1.91. The van der Waals surface area contributed by atoms with Crippen molar-refractivity contribution in [2.75, 3.05) is 24.2 Å². The molecule has 0 amide bonds. The number of rotatable bonds is 7. The lowest BCUT2D eigenvalue weighted by atomic mass is 10.1. The van der Waals surface area contributed by atoms with Crippen molar-refractivity contribution < 1.29 is 0 Å². The molecule has 3 heteroatoms. The zero-order chi connectivity index (χ0) is 11.8. The van der Waals surface area contributed by atoms with Crippen molar-refractivity contribution in [2.45, 2.75) is 33.1 Å².